The molecule has 0 radical (unpaired) electrons. The Balaban J connectivity index is 2.01. The summed E-state index contributed by atoms with van der Waals surface area (Å²) in [6.07, 6.45) is 2.46. The van der Waals surface area contributed by atoms with Crippen molar-refractivity contribution in [2.45, 2.75) is 18.9 Å². The van der Waals surface area contributed by atoms with Gasteiger partial charge in [0.15, 0.2) is 0 Å². The second kappa shape index (κ2) is 5.46. The van der Waals surface area contributed by atoms with Crippen LogP contribution in [0.5, 0.6) is 0 Å². The van der Waals surface area contributed by atoms with Crippen LogP contribution in [0.1, 0.15) is 12.0 Å². The van der Waals surface area contributed by atoms with E-state index in [4.69, 9.17) is 0 Å². The van der Waals surface area contributed by atoms with E-state index in [2.05, 4.69) is 54.6 Å². The third-order valence-electron chi connectivity index (χ3n) is 3.57. The molecular formula is C14H22N2. The first-order chi connectivity index (χ1) is 7.77. The van der Waals surface area contributed by atoms with Crippen LogP contribution in [-0.2, 0) is 6.42 Å². The van der Waals surface area contributed by atoms with Gasteiger partial charge in [-0.05, 0) is 51.5 Å². The van der Waals surface area contributed by atoms with Gasteiger partial charge < -0.3 is 10.2 Å². The lowest BCUT2D eigenvalue weighted by Crippen LogP contribution is -2.47. The van der Waals surface area contributed by atoms with Crippen molar-refractivity contribution in [3.05, 3.63) is 35.9 Å². The zero-order chi connectivity index (χ0) is 11.4. The number of nitrogens with one attached hydrogen (secondary N) is 1. The van der Waals surface area contributed by atoms with Gasteiger partial charge in [0, 0.05) is 6.04 Å². The van der Waals surface area contributed by atoms with Crippen molar-refractivity contribution in [3.63, 3.8) is 0 Å². The zero-order valence-corrected chi connectivity index (χ0v) is 10.3. The molecule has 16 heavy (non-hydrogen) atoms. The van der Waals surface area contributed by atoms with Gasteiger partial charge in [0.25, 0.3) is 0 Å². The SMILES string of the molecule is CN(C)C1CCNCC1Cc1ccccc1. The molecule has 2 rings (SSSR count). The molecule has 2 nitrogen and oxygen atoms in total. The lowest BCUT2D eigenvalue weighted by molar-refractivity contribution is 0.166. The van der Waals surface area contributed by atoms with E-state index in [1.807, 2.05) is 0 Å². The molecule has 1 heterocycles. The highest BCUT2D eigenvalue weighted by Gasteiger charge is 2.26. The van der Waals surface area contributed by atoms with Crippen LogP contribution in [0.15, 0.2) is 30.3 Å². The third-order valence-corrected chi connectivity index (χ3v) is 3.57. The zero-order valence-electron chi connectivity index (χ0n) is 10.3. The molecular weight excluding hydrogens is 196 g/mol. The number of benzene rings is 1. The summed E-state index contributed by atoms with van der Waals surface area (Å²) in [7, 11) is 4.40. The van der Waals surface area contributed by atoms with E-state index < -0.39 is 0 Å². The number of hydrogen-bond donors (Lipinski definition) is 1. The van der Waals surface area contributed by atoms with Crippen molar-refractivity contribution in [2.75, 3.05) is 27.2 Å². The van der Waals surface area contributed by atoms with Crippen molar-refractivity contribution < 1.29 is 0 Å². The quantitative estimate of drug-likeness (QED) is 0.832. The maximum atomic E-state index is 3.51. The lowest BCUT2D eigenvalue weighted by Gasteiger charge is -2.36. The van der Waals surface area contributed by atoms with E-state index in [1.54, 1.807) is 0 Å². The second-order valence-electron chi connectivity index (χ2n) is 4.97. The summed E-state index contributed by atoms with van der Waals surface area (Å²) in [5.41, 5.74) is 1.46. The Morgan fingerprint density at radius 2 is 2.00 bits per heavy atom. The lowest BCUT2D eigenvalue weighted by atomic mass is 9.87. The van der Waals surface area contributed by atoms with Gasteiger partial charge in [-0.1, -0.05) is 30.3 Å². The second-order valence-corrected chi connectivity index (χ2v) is 4.97. The van der Waals surface area contributed by atoms with Crippen molar-refractivity contribution in [3.8, 4) is 0 Å². The van der Waals surface area contributed by atoms with E-state index in [-0.39, 0.29) is 0 Å². The van der Waals surface area contributed by atoms with E-state index in [0.717, 1.165) is 25.0 Å². The monoisotopic (exact) mass is 218 g/mol. The van der Waals surface area contributed by atoms with Crippen molar-refractivity contribution in [1.29, 1.82) is 0 Å². The van der Waals surface area contributed by atoms with Crippen LogP contribution in [-0.4, -0.2) is 38.1 Å². The fourth-order valence-corrected chi connectivity index (χ4v) is 2.71. The molecule has 0 aromatic heterocycles. The van der Waals surface area contributed by atoms with Crippen LogP contribution in [0, 0.1) is 5.92 Å². The van der Waals surface area contributed by atoms with E-state index in [1.165, 1.54) is 18.4 Å². The molecule has 0 amide bonds. The highest BCUT2D eigenvalue weighted by Crippen LogP contribution is 2.20. The minimum Gasteiger partial charge on any atom is -0.316 e. The molecule has 1 aromatic rings. The first kappa shape index (κ1) is 11.6. The van der Waals surface area contributed by atoms with Crippen molar-refractivity contribution in [1.82, 2.24) is 10.2 Å². The largest absolute Gasteiger partial charge is 0.316 e. The first-order valence-corrected chi connectivity index (χ1v) is 6.18. The molecule has 1 saturated heterocycles. The summed E-state index contributed by atoms with van der Waals surface area (Å²) in [5.74, 6) is 0.742. The van der Waals surface area contributed by atoms with Crippen molar-refractivity contribution in [2.24, 2.45) is 5.92 Å². The minimum absolute atomic E-state index is 0.724. The molecule has 2 atom stereocenters. The Hall–Kier alpha value is -0.860. The molecule has 0 aliphatic carbocycles. The van der Waals surface area contributed by atoms with Gasteiger partial charge >= 0.3 is 0 Å². The summed E-state index contributed by atoms with van der Waals surface area (Å²) in [6.45, 7) is 2.31. The Bertz CT molecular complexity index is 308. The van der Waals surface area contributed by atoms with Gasteiger partial charge in [0.1, 0.15) is 0 Å². The van der Waals surface area contributed by atoms with Gasteiger partial charge in [-0.15, -0.1) is 0 Å². The molecule has 1 aliphatic rings. The van der Waals surface area contributed by atoms with E-state index >= 15 is 0 Å². The molecule has 88 valence electrons. The molecule has 1 N–H and O–H groups in total. The van der Waals surface area contributed by atoms with Crippen LogP contribution in [0.25, 0.3) is 0 Å². The van der Waals surface area contributed by atoms with Crippen LogP contribution < -0.4 is 5.32 Å². The van der Waals surface area contributed by atoms with E-state index in [9.17, 15) is 0 Å². The van der Waals surface area contributed by atoms with Gasteiger partial charge in [-0.2, -0.15) is 0 Å². The fraction of sp³-hybridized carbons (Fsp3) is 0.571. The minimum atomic E-state index is 0.724. The van der Waals surface area contributed by atoms with Crippen LogP contribution in [0.2, 0.25) is 0 Å². The third kappa shape index (κ3) is 2.83. The standard InChI is InChI=1S/C14H22N2/c1-16(2)14-8-9-15-11-13(14)10-12-6-4-3-5-7-12/h3-7,13-15H,8-11H2,1-2H3. The molecule has 1 aromatic carbocycles. The Morgan fingerprint density at radius 3 is 2.69 bits per heavy atom. The topological polar surface area (TPSA) is 15.3 Å². The predicted octanol–water partition coefficient (Wildman–Crippen LogP) is 1.77. The van der Waals surface area contributed by atoms with Crippen LogP contribution >= 0.6 is 0 Å². The maximum Gasteiger partial charge on any atom is 0.0145 e. The average molecular weight is 218 g/mol. The van der Waals surface area contributed by atoms with E-state index in [0.29, 0.717) is 0 Å². The molecule has 0 bridgehead atoms. The van der Waals surface area contributed by atoms with Gasteiger partial charge in [0.05, 0.1) is 0 Å². The van der Waals surface area contributed by atoms with Gasteiger partial charge in [0.2, 0.25) is 0 Å². The van der Waals surface area contributed by atoms with Crippen LogP contribution in [0.3, 0.4) is 0 Å². The summed E-state index contributed by atoms with van der Waals surface area (Å²) in [5, 5.41) is 3.51. The first-order valence-electron chi connectivity index (χ1n) is 6.18. The highest BCUT2D eigenvalue weighted by atomic mass is 15.1. The predicted molar refractivity (Wildman–Crippen MR) is 68.6 cm³/mol. The van der Waals surface area contributed by atoms with Crippen molar-refractivity contribution >= 4 is 0 Å². The summed E-state index contributed by atoms with van der Waals surface area (Å²) < 4.78 is 0. The molecule has 1 fully saturated rings. The Kier molecular flexibility index (Phi) is 3.97. The number of nitrogens with zero attached hydrogens (tertiary/aromatic N) is 1. The summed E-state index contributed by atoms with van der Waals surface area (Å²) >= 11 is 0. The fourth-order valence-electron chi connectivity index (χ4n) is 2.71. The van der Waals surface area contributed by atoms with Gasteiger partial charge in [-0.3, -0.25) is 0 Å². The normalized spacial score (nSPS) is 25.9. The molecule has 1 aliphatic heterocycles. The summed E-state index contributed by atoms with van der Waals surface area (Å²) in [6, 6.07) is 11.6. The molecule has 2 heteroatoms. The van der Waals surface area contributed by atoms with Gasteiger partial charge in [-0.25, -0.2) is 0 Å². The number of hydrogen-bond acceptors (Lipinski definition) is 2. The smallest absolute Gasteiger partial charge is 0.0145 e. The van der Waals surface area contributed by atoms with Crippen LogP contribution in [0.4, 0.5) is 0 Å². The maximum absolute atomic E-state index is 3.51. The number of piperidine rings is 1. The molecule has 2 unspecified atom stereocenters. The highest BCUT2D eigenvalue weighted by molar-refractivity contribution is 5.16. The Morgan fingerprint density at radius 1 is 1.25 bits per heavy atom. The number of rotatable bonds is 3. The average Bonchev–Trinajstić information content (AvgIpc) is 2.31. The Labute approximate surface area is 98.7 Å². The molecule has 0 saturated carbocycles. The molecule has 0 spiro atoms. The summed E-state index contributed by atoms with van der Waals surface area (Å²) in [4.78, 5) is 2.38.